The monoisotopic (exact) mass is 154 g/mol. The Bertz CT molecular complexity index is 126. The Morgan fingerprint density at radius 3 is 2.27 bits per heavy atom. The smallest absolute Gasteiger partial charge is 0.139 e. The number of hydrogen-bond acceptors (Lipinski definition) is 2. The summed E-state index contributed by atoms with van der Waals surface area (Å²) in [6, 6.07) is 1.09. The number of hydrogen-bond donors (Lipinski definition) is 0. The summed E-state index contributed by atoms with van der Waals surface area (Å²) >= 11 is 0. The normalized spacial score (nSPS) is 33.6. The van der Waals surface area contributed by atoms with Crippen LogP contribution in [0.1, 0.15) is 33.1 Å². The lowest BCUT2D eigenvalue weighted by Crippen LogP contribution is -2.41. The second kappa shape index (κ2) is 3.86. The largest absolute Gasteiger partial charge is 0.302 e. The summed E-state index contributed by atoms with van der Waals surface area (Å²) in [5.41, 5.74) is 0. The second-order valence-electron chi connectivity index (χ2n) is 3.36. The molecule has 0 bridgehead atoms. The Labute approximate surface area is 68.6 Å². The summed E-state index contributed by atoms with van der Waals surface area (Å²) in [4.78, 5) is 12.4. The summed E-state index contributed by atoms with van der Waals surface area (Å²) in [6.45, 7) is 6.03. The Morgan fingerprint density at radius 2 is 1.82 bits per heavy atom. The van der Waals surface area contributed by atoms with Crippen molar-refractivity contribution in [2.75, 3.05) is 0 Å². The average molecular weight is 154 g/mol. The van der Waals surface area contributed by atoms with Crippen molar-refractivity contribution in [2.24, 2.45) is 0 Å². The summed E-state index contributed by atoms with van der Waals surface area (Å²) < 4.78 is 0. The van der Waals surface area contributed by atoms with E-state index < -0.39 is 0 Å². The first kappa shape index (κ1) is 8.72. The maximum Gasteiger partial charge on any atom is 0.139 e. The number of carbonyl (C=O) groups excluding carboxylic acids is 1. The van der Waals surface area contributed by atoms with Crippen molar-refractivity contribution in [2.45, 2.75) is 45.2 Å². The highest BCUT2D eigenvalue weighted by Crippen LogP contribution is 2.22. The van der Waals surface area contributed by atoms with Crippen molar-refractivity contribution >= 4 is 6.29 Å². The maximum absolute atomic E-state index is 10.3. The second-order valence-corrected chi connectivity index (χ2v) is 3.36. The molecular weight excluding hydrogens is 138 g/mol. The van der Waals surface area contributed by atoms with Crippen molar-refractivity contribution in [3.63, 3.8) is 0 Å². The van der Waals surface area contributed by atoms with E-state index in [9.17, 15) is 4.79 Å². The first-order chi connectivity index (χ1) is 5.25. The fourth-order valence-corrected chi connectivity index (χ4v) is 1.81. The van der Waals surface area contributed by atoms with Crippen LogP contribution in [0.15, 0.2) is 0 Å². The Hall–Kier alpha value is -0.370. The van der Waals surface area contributed by atoms with Gasteiger partial charge < -0.3 is 4.79 Å². The summed E-state index contributed by atoms with van der Waals surface area (Å²) in [7, 11) is 0. The molecule has 0 aliphatic carbocycles. The first-order valence-corrected chi connectivity index (χ1v) is 4.31. The Morgan fingerprint density at radius 1 is 1.27 bits per heavy atom. The Balaban J connectivity index is 2.47. The lowest BCUT2D eigenvalue weighted by molar-refractivity contribution is -0.107. The molecule has 2 atom stereocenters. The van der Waals surface area contributed by atoms with Crippen LogP contribution in [0.5, 0.6) is 0 Å². The molecule has 11 heavy (non-hydrogen) atoms. The zero-order chi connectivity index (χ0) is 8.27. The van der Waals surface area contributed by atoms with E-state index in [0.29, 0.717) is 12.1 Å². The summed E-state index contributed by atoms with van der Waals surface area (Å²) in [6.07, 6.45) is 4.62. The highest BCUT2D eigenvalue weighted by atomic mass is 16.1. The van der Waals surface area contributed by atoms with Gasteiger partial charge in [-0.25, -0.2) is 0 Å². The summed E-state index contributed by atoms with van der Waals surface area (Å²) in [5, 5.41) is 0. The Kier molecular flexibility index (Phi) is 3.06. The van der Waals surface area contributed by atoms with E-state index in [-0.39, 0.29) is 0 Å². The molecule has 0 saturated carbocycles. The van der Waals surface area contributed by atoms with Gasteiger partial charge in [0.15, 0.2) is 0 Å². The molecule has 63 valence electrons. The molecule has 0 spiro atoms. The van der Waals surface area contributed by atoms with Crippen LogP contribution >= 0.6 is 0 Å². The third kappa shape index (κ3) is 2.03. The minimum absolute atomic E-state index is 0.545. The van der Waals surface area contributed by atoms with E-state index in [1.54, 1.807) is 6.54 Å². The van der Waals surface area contributed by atoms with E-state index in [1.165, 1.54) is 19.3 Å². The fourth-order valence-electron chi connectivity index (χ4n) is 1.81. The molecule has 0 amide bonds. The molecule has 1 saturated heterocycles. The predicted molar refractivity (Wildman–Crippen MR) is 45.0 cm³/mol. The van der Waals surface area contributed by atoms with Gasteiger partial charge in [0, 0.05) is 12.1 Å². The van der Waals surface area contributed by atoms with Crippen molar-refractivity contribution in [1.29, 1.82) is 0 Å². The molecule has 1 aliphatic rings. The van der Waals surface area contributed by atoms with Gasteiger partial charge in [-0.3, -0.25) is 4.90 Å². The van der Waals surface area contributed by atoms with Crippen LogP contribution in [0.25, 0.3) is 0 Å². The van der Waals surface area contributed by atoms with Crippen LogP contribution in [0, 0.1) is 6.54 Å². The topological polar surface area (TPSA) is 20.3 Å². The highest BCUT2D eigenvalue weighted by Gasteiger charge is 2.23. The predicted octanol–water partition coefficient (Wildman–Crippen LogP) is 1.61. The zero-order valence-electron chi connectivity index (χ0n) is 7.29. The molecule has 1 aliphatic heterocycles. The SMILES string of the molecule is CC1CCCC(C)N1[CH]C=O. The van der Waals surface area contributed by atoms with Gasteiger partial charge in [0.1, 0.15) is 6.29 Å². The van der Waals surface area contributed by atoms with Crippen LogP contribution in [-0.4, -0.2) is 23.3 Å². The average Bonchev–Trinajstić information content (AvgIpc) is 1.97. The number of aldehydes is 1. The molecule has 1 heterocycles. The van der Waals surface area contributed by atoms with Gasteiger partial charge in [0.25, 0.3) is 0 Å². The molecular formula is C9H16NO. The van der Waals surface area contributed by atoms with E-state index in [4.69, 9.17) is 0 Å². The van der Waals surface area contributed by atoms with Gasteiger partial charge in [-0.15, -0.1) is 0 Å². The van der Waals surface area contributed by atoms with Crippen molar-refractivity contribution in [3.05, 3.63) is 6.54 Å². The quantitative estimate of drug-likeness (QED) is 0.563. The van der Waals surface area contributed by atoms with E-state index in [2.05, 4.69) is 18.7 Å². The van der Waals surface area contributed by atoms with Crippen molar-refractivity contribution in [1.82, 2.24) is 4.90 Å². The van der Waals surface area contributed by atoms with Crippen molar-refractivity contribution < 1.29 is 4.79 Å². The van der Waals surface area contributed by atoms with Gasteiger partial charge in [0.05, 0.1) is 6.54 Å². The maximum atomic E-state index is 10.3. The minimum atomic E-state index is 0.545. The van der Waals surface area contributed by atoms with Crippen LogP contribution in [0.3, 0.4) is 0 Å². The lowest BCUT2D eigenvalue weighted by Gasteiger charge is -2.37. The number of rotatable bonds is 2. The van der Waals surface area contributed by atoms with E-state index in [1.807, 2.05) is 0 Å². The summed E-state index contributed by atoms with van der Waals surface area (Å²) in [5.74, 6) is 0. The lowest BCUT2D eigenvalue weighted by atomic mass is 9.98. The third-order valence-corrected chi connectivity index (χ3v) is 2.49. The molecule has 0 aromatic rings. The zero-order valence-corrected chi connectivity index (χ0v) is 7.29. The highest BCUT2D eigenvalue weighted by molar-refractivity contribution is 5.60. The molecule has 2 unspecified atom stereocenters. The van der Waals surface area contributed by atoms with Crippen LogP contribution in [-0.2, 0) is 4.79 Å². The number of nitrogens with zero attached hydrogens (tertiary/aromatic N) is 1. The molecule has 2 nitrogen and oxygen atoms in total. The van der Waals surface area contributed by atoms with E-state index in [0.717, 1.165) is 6.29 Å². The van der Waals surface area contributed by atoms with Gasteiger partial charge in [-0.2, -0.15) is 0 Å². The van der Waals surface area contributed by atoms with E-state index >= 15 is 0 Å². The fraction of sp³-hybridized carbons (Fsp3) is 0.778. The third-order valence-electron chi connectivity index (χ3n) is 2.49. The standard InChI is InChI=1S/C9H16NO/c1-8-4-3-5-9(2)10(8)6-7-11/h6-9H,3-5H2,1-2H3. The van der Waals surface area contributed by atoms with Crippen LogP contribution in [0.2, 0.25) is 0 Å². The van der Waals surface area contributed by atoms with Crippen molar-refractivity contribution in [3.8, 4) is 0 Å². The number of carbonyl (C=O) groups is 1. The molecule has 1 rings (SSSR count). The van der Waals surface area contributed by atoms with Gasteiger partial charge >= 0.3 is 0 Å². The molecule has 1 radical (unpaired) electrons. The number of likely N-dealkylation sites (tertiary alicyclic amines) is 1. The molecule has 2 heteroatoms. The van der Waals surface area contributed by atoms with Crippen LogP contribution in [0.4, 0.5) is 0 Å². The van der Waals surface area contributed by atoms with Gasteiger partial charge in [0.2, 0.25) is 0 Å². The van der Waals surface area contributed by atoms with Gasteiger partial charge in [-0.05, 0) is 26.7 Å². The molecule has 0 N–H and O–H groups in total. The first-order valence-electron chi connectivity index (χ1n) is 4.31. The number of piperidine rings is 1. The minimum Gasteiger partial charge on any atom is -0.302 e. The molecule has 0 aromatic carbocycles. The molecule has 0 aromatic heterocycles. The van der Waals surface area contributed by atoms with Crippen LogP contribution < -0.4 is 0 Å². The molecule has 1 fully saturated rings. The van der Waals surface area contributed by atoms with Gasteiger partial charge in [-0.1, -0.05) is 6.42 Å².